The summed E-state index contributed by atoms with van der Waals surface area (Å²) < 4.78 is 11.5. The number of halogens is 1. The predicted octanol–water partition coefficient (Wildman–Crippen LogP) is 3.37. The van der Waals surface area contributed by atoms with E-state index in [0.29, 0.717) is 13.0 Å². The molecule has 0 unspecified atom stereocenters. The van der Waals surface area contributed by atoms with Crippen molar-refractivity contribution in [3.8, 4) is 11.5 Å². The number of methoxy groups -OCH3 is 2. The summed E-state index contributed by atoms with van der Waals surface area (Å²) in [5.74, 6) is 1.52. The van der Waals surface area contributed by atoms with Gasteiger partial charge in [-0.2, -0.15) is 0 Å². The minimum atomic E-state index is 0.0159. The summed E-state index contributed by atoms with van der Waals surface area (Å²) in [4.78, 5) is 12.0. The van der Waals surface area contributed by atoms with Gasteiger partial charge in [-0.3, -0.25) is 4.79 Å². The molecule has 2 aromatic rings. The zero-order valence-corrected chi connectivity index (χ0v) is 14.9. The molecule has 1 amide bonds. The third-order valence-corrected chi connectivity index (χ3v) is 3.95. The Kier molecular flexibility index (Phi) is 6.47. The van der Waals surface area contributed by atoms with Crippen molar-refractivity contribution in [1.82, 2.24) is 5.32 Å². The fraction of sp³-hybridized carbons (Fsp3) is 0.278. The molecule has 0 heterocycles. The van der Waals surface area contributed by atoms with Gasteiger partial charge in [-0.1, -0.05) is 28.1 Å². The lowest BCUT2D eigenvalue weighted by Gasteiger charge is -2.09. The molecular formula is C18H20BrNO3. The second-order valence-electron chi connectivity index (χ2n) is 5.12. The highest BCUT2D eigenvalue weighted by atomic mass is 79.9. The van der Waals surface area contributed by atoms with Crippen LogP contribution in [0.4, 0.5) is 0 Å². The minimum absolute atomic E-state index is 0.0159. The molecule has 5 heteroatoms. The normalized spacial score (nSPS) is 10.2. The molecule has 0 saturated carbocycles. The molecule has 1 N–H and O–H groups in total. The molecule has 0 radical (unpaired) electrons. The number of amides is 1. The van der Waals surface area contributed by atoms with Crippen LogP contribution in [0.5, 0.6) is 11.5 Å². The summed E-state index contributed by atoms with van der Waals surface area (Å²) in [6.07, 6.45) is 1.11. The molecule has 0 aliphatic heterocycles. The highest BCUT2D eigenvalue weighted by molar-refractivity contribution is 9.10. The van der Waals surface area contributed by atoms with Gasteiger partial charge in [-0.25, -0.2) is 0 Å². The lowest BCUT2D eigenvalue weighted by Crippen LogP contribution is -2.27. The third-order valence-electron chi connectivity index (χ3n) is 3.43. The molecule has 122 valence electrons. The van der Waals surface area contributed by atoms with Crippen LogP contribution in [0.15, 0.2) is 46.9 Å². The number of hydrogen-bond donors (Lipinski definition) is 1. The van der Waals surface area contributed by atoms with Gasteiger partial charge in [0.15, 0.2) is 0 Å². The van der Waals surface area contributed by atoms with Crippen LogP contribution >= 0.6 is 15.9 Å². The maximum atomic E-state index is 12.0. The number of hydrogen-bond acceptors (Lipinski definition) is 3. The summed E-state index contributed by atoms with van der Waals surface area (Å²) >= 11 is 3.38. The Balaban J connectivity index is 1.84. The standard InChI is InChI=1S/C18H20BrNO3/c1-22-16-9-14(10-17(12-16)23-2)7-8-20-18(21)11-13-3-5-15(19)6-4-13/h3-6,9-10,12H,7-8,11H2,1-2H3,(H,20,21). The monoisotopic (exact) mass is 377 g/mol. The van der Waals surface area contributed by atoms with Crippen LogP contribution in [0.25, 0.3) is 0 Å². The van der Waals surface area contributed by atoms with Crippen LogP contribution in [0.2, 0.25) is 0 Å². The Morgan fingerprint density at radius 2 is 1.61 bits per heavy atom. The molecule has 23 heavy (non-hydrogen) atoms. The quantitative estimate of drug-likeness (QED) is 0.804. The predicted molar refractivity (Wildman–Crippen MR) is 94.1 cm³/mol. The molecule has 0 bridgehead atoms. The first kappa shape index (κ1) is 17.3. The van der Waals surface area contributed by atoms with E-state index in [1.807, 2.05) is 42.5 Å². The first-order chi connectivity index (χ1) is 11.1. The molecule has 0 atom stereocenters. The van der Waals surface area contributed by atoms with E-state index >= 15 is 0 Å². The maximum Gasteiger partial charge on any atom is 0.224 e. The Morgan fingerprint density at radius 1 is 1.00 bits per heavy atom. The van der Waals surface area contributed by atoms with E-state index in [0.717, 1.165) is 33.5 Å². The third kappa shape index (κ3) is 5.60. The second-order valence-corrected chi connectivity index (χ2v) is 6.04. The van der Waals surface area contributed by atoms with Gasteiger partial charge in [0.25, 0.3) is 0 Å². The van der Waals surface area contributed by atoms with Gasteiger partial charge >= 0.3 is 0 Å². The van der Waals surface area contributed by atoms with Crippen molar-refractivity contribution in [1.29, 1.82) is 0 Å². The molecule has 4 nitrogen and oxygen atoms in total. The smallest absolute Gasteiger partial charge is 0.224 e. The Labute approximate surface area is 144 Å². The van der Waals surface area contributed by atoms with E-state index in [1.54, 1.807) is 14.2 Å². The SMILES string of the molecule is COc1cc(CCNC(=O)Cc2ccc(Br)cc2)cc(OC)c1. The fourth-order valence-corrected chi connectivity index (χ4v) is 2.47. The van der Waals surface area contributed by atoms with Crippen molar-refractivity contribution in [2.45, 2.75) is 12.8 Å². The number of carbonyl (C=O) groups is 1. The summed E-state index contributed by atoms with van der Waals surface area (Å²) in [6.45, 7) is 0.575. The van der Waals surface area contributed by atoms with Crippen molar-refractivity contribution in [2.75, 3.05) is 20.8 Å². The van der Waals surface area contributed by atoms with E-state index < -0.39 is 0 Å². The zero-order valence-electron chi connectivity index (χ0n) is 13.3. The second kappa shape index (κ2) is 8.58. The molecule has 0 saturated heterocycles. The van der Waals surface area contributed by atoms with Crippen LogP contribution < -0.4 is 14.8 Å². The first-order valence-electron chi connectivity index (χ1n) is 7.34. The molecule has 2 rings (SSSR count). The van der Waals surface area contributed by atoms with E-state index in [1.165, 1.54) is 0 Å². The minimum Gasteiger partial charge on any atom is -0.497 e. The van der Waals surface area contributed by atoms with Crippen LogP contribution in [0.1, 0.15) is 11.1 Å². The van der Waals surface area contributed by atoms with Gasteiger partial charge < -0.3 is 14.8 Å². The summed E-state index contributed by atoms with van der Waals surface area (Å²) in [6, 6.07) is 13.5. The Hall–Kier alpha value is -2.01. The Morgan fingerprint density at radius 3 is 2.17 bits per heavy atom. The van der Waals surface area contributed by atoms with Crippen LogP contribution in [-0.2, 0) is 17.6 Å². The topological polar surface area (TPSA) is 47.6 Å². The lowest BCUT2D eigenvalue weighted by atomic mass is 10.1. The van der Waals surface area contributed by atoms with E-state index in [9.17, 15) is 4.79 Å². The van der Waals surface area contributed by atoms with Crippen molar-refractivity contribution in [3.63, 3.8) is 0 Å². The number of ether oxygens (including phenoxy) is 2. The van der Waals surface area contributed by atoms with Crippen molar-refractivity contribution < 1.29 is 14.3 Å². The average Bonchev–Trinajstić information content (AvgIpc) is 2.56. The number of benzene rings is 2. The van der Waals surface area contributed by atoms with Gasteiger partial charge in [0.05, 0.1) is 20.6 Å². The first-order valence-corrected chi connectivity index (χ1v) is 8.13. The van der Waals surface area contributed by atoms with E-state index in [2.05, 4.69) is 21.2 Å². The number of nitrogens with one attached hydrogen (secondary N) is 1. The van der Waals surface area contributed by atoms with Gasteiger partial charge in [0, 0.05) is 17.1 Å². The highest BCUT2D eigenvalue weighted by Crippen LogP contribution is 2.22. The number of rotatable bonds is 7. The van der Waals surface area contributed by atoms with Crippen LogP contribution in [0, 0.1) is 0 Å². The molecular weight excluding hydrogens is 358 g/mol. The molecule has 0 fully saturated rings. The summed E-state index contributed by atoms with van der Waals surface area (Å²) in [5.41, 5.74) is 2.05. The lowest BCUT2D eigenvalue weighted by molar-refractivity contribution is -0.120. The van der Waals surface area contributed by atoms with Crippen molar-refractivity contribution >= 4 is 21.8 Å². The van der Waals surface area contributed by atoms with Crippen molar-refractivity contribution in [2.24, 2.45) is 0 Å². The molecule has 2 aromatic carbocycles. The largest absolute Gasteiger partial charge is 0.497 e. The Bertz CT molecular complexity index is 634. The summed E-state index contributed by atoms with van der Waals surface area (Å²) in [5, 5.41) is 2.94. The number of carbonyl (C=O) groups excluding carboxylic acids is 1. The van der Waals surface area contributed by atoms with Crippen LogP contribution in [0.3, 0.4) is 0 Å². The van der Waals surface area contributed by atoms with Gasteiger partial charge in [-0.15, -0.1) is 0 Å². The maximum absolute atomic E-state index is 12.0. The van der Waals surface area contributed by atoms with Crippen LogP contribution in [-0.4, -0.2) is 26.7 Å². The average molecular weight is 378 g/mol. The molecule has 0 spiro atoms. The fourth-order valence-electron chi connectivity index (χ4n) is 2.21. The van der Waals surface area contributed by atoms with Gasteiger partial charge in [0.1, 0.15) is 11.5 Å². The highest BCUT2D eigenvalue weighted by Gasteiger charge is 2.05. The molecule has 0 aliphatic rings. The van der Waals surface area contributed by atoms with E-state index in [-0.39, 0.29) is 5.91 Å². The van der Waals surface area contributed by atoms with Gasteiger partial charge in [-0.05, 0) is 41.8 Å². The summed E-state index contributed by atoms with van der Waals surface area (Å²) in [7, 11) is 3.25. The van der Waals surface area contributed by atoms with E-state index in [4.69, 9.17) is 9.47 Å². The molecule has 0 aliphatic carbocycles. The van der Waals surface area contributed by atoms with Crippen molar-refractivity contribution in [3.05, 3.63) is 58.1 Å². The molecule has 0 aromatic heterocycles. The zero-order chi connectivity index (χ0) is 16.7. The van der Waals surface area contributed by atoms with Gasteiger partial charge in [0.2, 0.25) is 5.91 Å².